The van der Waals surface area contributed by atoms with Crippen LogP contribution in [0.25, 0.3) is 10.7 Å². The number of thiazole rings is 1. The average molecular weight is 745 g/mol. The van der Waals surface area contributed by atoms with E-state index in [9.17, 15) is 0 Å². The molecule has 2 heterocycles. The molecule has 0 saturated heterocycles. The molecule has 0 spiro atoms. The molecule has 0 aliphatic heterocycles. The number of nitriles is 1. The molecule has 1 atom stereocenters. The summed E-state index contributed by atoms with van der Waals surface area (Å²) in [5, 5.41) is 14.0. The molecule has 11 nitrogen and oxygen atoms in total. The first-order valence-corrected chi connectivity index (χ1v) is 18.8. The van der Waals surface area contributed by atoms with E-state index in [2.05, 4.69) is 55.6 Å². The highest BCUT2D eigenvalue weighted by Gasteiger charge is 2.38. The van der Waals surface area contributed by atoms with Crippen LogP contribution in [0.1, 0.15) is 64.1 Å². The van der Waals surface area contributed by atoms with Gasteiger partial charge in [0.1, 0.15) is 23.7 Å². The Morgan fingerprint density at radius 3 is 1.94 bits per heavy atom. The number of benzene rings is 3. The Hall–Kier alpha value is -4.21. The Bertz CT molecular complexity index is 1760. The first-order chi connectivity index (χ1) is 24.8. The van der Waals surface area contributed by atoms with Crippen LogP contribution in [0.5, 0.6) is 11.5 Å². The fourth-order valence-corrected chi connectivity index (χ4v) is 7.99. The molecule has 2 aromatic heterocycles. The van der Waals surface area contributed by atoms with Crippen molar-refractivity contribution < 1.29 is 23.3 Å². The van der Waals surface area contributed by atoms with E-state index < -0.39 is 14.1 Å². The summed E-state index contributed by atoms with van der Waals surface area (Å²) in [6.45, 7) is 9.60. The van der Waals surface area contributed by atoms with Crippen molar-refractivity contribution in [3.63, 3.8) is 0 Å². The van der Waals surface area contributed by atoms with Crippen molar-refractivity contribution in [3.8, 4) is 28.3 Å². The lowest BCUT2D eigenvalue weighted by atomic mass is 9.80. The van der Waals surface area contributed by atoms with E-state index in [-0.39, 0.29) is 26.1 Å². The van der Waals surface area contributed by atoms with Gasteiger partial charge in [-0.15, -0.1) is 16.4 Å². The molecule has 0 aliphatic carbocycles. The lowest BCUT2D eigenvalue weighted by Crippen LogP contribution is -2.34. The van der Waals surface area contributed by atoms with E-state index in [0.717, 1.165) is 33.1 Å². The van der Waals surface area contributed by atoms with Gasteiger partial charge >= 0.3 is 0 Å². The van der Waals surface area contributed by atoms with Gasteiger partial charge in [-0.2, -0.15) is 5.26 Å². The van der Waals surface area contributed by atoms with Crippen LogP contribution >= 0.6 is 19.9 Å². The van der Waals surface area contributed by atoms with Crippen LogP contribution in [0.4, 0.5) is 0 Å². The highest BCUT2D eigenvalue weighted by atomic mass is 32.1. The van der Waals surface area contributed by atoms with Gasteiger partial charge in [-0.25, -0.2) is 14.3 Å². The molecule has 0 aliphatic rings. The van der Waals surface area contributed by atoms with Crippen molar-refractivity contribution in [1.82, 2.24) is 24.4 Å². The number of aromatic nitrogens is 4. The highest BCUT2D eigenvalue weighted by Crippen LogP contribution is 2.46. The average Bonchev–Trinajstić information content (AvgIpc) is 3.83. The van der Waals surface area contributed by atoms with Crippen LogP contribution in [-0.2, 0) is 32.5 Å². The first-order valence-electron chi connectivity index (χ1n) is 16.8. The Kier molecular flexibility index (Phi) is 15.3. The molecule has 0 bridgehead atoms. The van der Waals surface area contributed by atoms with Crippen molar-refractivity contribution in [1.29, 1.82) is 5.26 Å². The number of nitrogens with zero attached hydrogens (tertiary/aromatic N) is 6. The molecule has 52 heavy (non-hydrogen) atoms. The Balaban J connectivity index is 0.00000605. The standard InChI is InChI=1S/C38H45N6O5PS.CH4/c1-28(2)44(29(3)4)50(48-23-10-21-39)49-24-22-43-36(41-37(42-43)35-25-40-27-51-35)26-47-38(30-11-8-7-9-12-30,31-13-17-33(45-5)18-14-31)32-15-19-34(46-6)20-16-32;/h7-9,11-20,25,27-29H,10,22-24,26H2,1-6H3;1H4. The lowest BCUT2D eigenvalue weighted by Gasteiger charge is -2.36. The van der Waals surface area contributed by atoms with Gasteiger partial charge in [-0.3, -0.25) is 4.98 Å². The maximum atomic E-state index is 9.12. The zero-order chi connectivity index (χ0) is 36.2. The second-order valence-corrected chi connectivity index (χ2v) is 14.5. The van der Waals surface area contributed by atoms with E-state index in [4.69, 9.17) is 38.6 Å². The lowest BCUT2D eigenvalue weighted by molar-refractivity contribution is -0.00515. The van der Waals surface area contributed by atoms with Gasteiger partial charge in [0.05, 0.1) is 56.9 Å². The molecule has 0 saturated carbocycles. The third kappa shape index (κ3) is 9.61. The molecule has 0 fully saturated rings. The summed E-state index contributed by atoms with van der Waals surface area (Å²) in [6, 6.07) is 28.6. The minimum Gasteiger partial charge on any atom is -0.497 e. The van der Waals surface area contributed by atoms with E-state index in [0.29, 0.717) is 37.8 Å². The Morgan fingerprint density at radius 1 is 0.846 bits per heavy atom. The molecule has 3 aromatic carbocycles. The first kappa shape index (κ1) is 40.6. The largest absolute Gasteiger partial charge is 0.497 e. The molecule has 0 N–H and O–H groups in total. The zero-order valence-corrected chi connectivity index (χ0v) is 31.6. The van der Waals surface area contributed by atoms with E-state index >= 15 is 0 Å². The van der Waals surface area contributed by atoms with E-state index in [1.807, 2.05) is 71.4 Å². The van der Waals surface area contributed by atoms with Gasteiger partial charge in [-0.1, -0.05) is 62.0 Å². The topological polar surface area (TPSA) is 117 Å². The number of rotatable bonds is 19. The predicted octanol–water partition coefficient (Wildman–Crippen LogP) is 8.86. The summed E-state index contributed by atoms with van der Waals surface area (Å²) in [7, 11) is 1.89. The quantitative estimate of drug-likeness (QED) is 0.0461. The van der Waals surface area contributed by atoms with Gasteiger partial charge in [0, 0.05) is 18.3 Å². The second-order valence-electron chi connectivity index (χ2n) is 12.1. The Labute approximate surface area is 313 Å². The summed E-state index contributed by atoms with van der Waals surface area (Å²) in [6.07, 6.45) is 2.06. The fraction of sp³-hybridized carbons (Fsp3) is 0.385. The number of hydrogen-bond donors (Lipinski definition) is 0. The third-order valence-electron chi connectivity index (χ3n) is 8.16. The van der Waals surface area contributed by atoms with Gasteiger partial charge < -0.3 is 23.3 Å². The number of methoxy groups -OCH3 is 2. The normalized spacial score (nSPS) is 12.2. The molecule has 276 valence electrons. The smallest absolute Gasteiger partial charge is 0.259 e. The van der Waals surface area contributed by atoms with Crippen LogP contribution in [0.3, 0.4) is 0 Å². The third-order valence-corrected chi connectivity index (χ3v) is 11.0. The zero-order valence-electron chi connectivity index (χ0n) is 29.9. The van der Waals surface area contributed by atoms with Crippen molar-refractivity contribution in [3.05, 3.63) is 113 Å². The molecule has 0 amide bonds. The molecular weight excluding hydrogens is 696 g/mol. The second kappa shape index (κ2) is 19.6. The molecule has 5 rings (SSSR count). The fourth-order valence-electron chi connectivity index (χ4n) is 5.86. The molecular formula is C39H49N6O5PS. The van der Waals surface area contributed by atoms with E-state index in [1.54, 1.807) is 25.9 Å². The summed E-state index contributed by atoms with van der Waals surface area (Å²) in [5.41, 5.74) is 3.51. The van der Waals surface area contributed by atoms with Gasteiger partial charge in [0.25, 0.3) is 8.53 Å². The minimum absolute atomic E-state index is 0. The summed E-state index contributed by atoms with van der Waals surface area (Å²) >= 11 is 1.47. The molecule has 1 unspecified atom stereocenters. The minimum atomic E-state index is -1.41. The van der Waals surface area contributed by atoms with Crippen molar-refractivity contribution in [2.24, 2.45) is 0 Å². The summed E-state index contributed by atoms with van der Waals surface area (Å²) < 4.78 is 34.8. The van der Waals surface area contributed by atoms with Gasteiger partial charge in [-0.05, 0) is 68.7 Å². The van der Waals surface area contributed by atoms with Crippen molar-refractivity contribution >= 4 is 19.9 Å². The maximum Gasteiger partial charge on any atom is 0.259 e. The highest BCUT2D eigenvalue weighted by molar-refractivity contribution is 7.44. The van der Waals surface area contributed by atoms with Crippen LogP contribution in [0, 0.1) is 11.3 Å². The SMILES string of the molecule is C.COc1ccc(C(OCc2nc(-c3cncs3)nn2CCOP(OCCC#N)N(C(C)C)C(C)C)(c2ccccc2)c2ccc(OC)cc2)cc1. The monoisotopic (exact) mass is 744 g/mol. The van der Waals surface area contributed by atoms with Gasteiger partial charge in [0.15, 0.2) is 11.6 Å². The van der Waals surface area contributed by atoms with Crippen LogP contribution in [0.2, 0.25) is 0 Å². The van der Waals surface area contributed by atoms with Crippen LogP contribution in [0.15, 0.2) is 90.6 Å². The molecule has 0 radical (unpaired) electrons. The number of ether oxygens (including phenoxy) is 3. The van der Waals surface area contributed by atoms with E-state index in [1.165, 1.54) is 11.3 Å². The molecule has 5 aromatic rings. The van der Waals surface area contributed by atoms with Crippen molar-refractivity contribution in [2.75, 3.05) is 27.4 Å². The Morgan fingerprint density at radius 2 is 1.42 bits per heavy atom. The molecule has 13 heteroatoms. The van der Waals surface area contributed by atoms with Crippen molar-refractivity contribution in [2.45, 2.75) is 72.4 Å². The van der Waals surface area contributed by atoms with Gasteiger partial charge in [0.2, 0.25) is 0 Å². The maximum absolute atomic E-state index is 9.12. The summed E-state index contributed by atoms with van der Waals surface area (Å²) in [5.74, 6) is 2.68. The van der Waals surface area contributed by atoms with Crippen LogP contribution < -0.4 is 9.47 Å². The number of hydrogen-bond acceptors (Lipinski definition) is 11. The summed E-state index contributed by atoms with van der Waals surface area (Å²) in [4.78, 5) is 10.1. The predicted molar refractivity (Wildman–Crippen MR) is 206 cm³/mol. The van der Waals surface area contributed by atoms with Crippen LogP contribution in [-0.4, -0.2) is 63.9 Å².